The lowest BCUT2D eigenvalue weighted by molar-refractivity contribution is 0.103. The third-order valence-electron chi connectivity index (χ3n) is 2.07. The molecule has 0 saturated carbocycles. The van der Waals surface area contributed by atoms with Gasteiger partial charge in [0.1, 0.15) is 5.69 Å². The Morgan fingerprint density at radius 3 is 2.73 bits per heavy atom. The van der Waals surface area contributed by atoms with E-state index in [0.29, 0.717) is 15.6 Å². The van der Waals surface area contributed by atoms with Crippen molar-refractivity contribution < 1.29 is 4.79 Å². The third-order valence-corrected chi connectivity index (χ3v) is 3.35. The van der Waals surface area contributed by atoms with Crippen LogP contribution in [0.4, 0.5) is 0 Å². The topological polar surface area (TPSA) is 34.9 Å². The van der Waals surface area contributed by atoms with Gasteiger partial charge in [-0.1, -0.05) is 11.6 Å². The summed E-state index contributed by atoms with van der Waals surface area (Å²) in [5.41, 5.74) is 0.443. The van der Waals surface area contributed by atoms with Gasteiger partial charge >= 0.3 is 0 Å². The highest BCUT2D eigenvalue weighted by Crippen LogP contribution is 2.22. The van der Waals surface area contributed by atoms with Gasteiger partial charge in [0.2, 0.25) is 5.78 Å². The largest absolute Gasteiger partial charge is 0.286 e. The Morgan fingerprint density at radius 1 is 1.53 bits per heavy atom. The molecule has 0 radical (unpaired) electrons. The van der Waals surface area contributed by atoms with Gasteiger partial charge in [0.25, 0.3) is 0 Å². The standard InChI is InChI=1S/C10H9ClN2OS/c1-6-3-4-8(15-6)10(14)9-7(11)5-12-13(9)2/h3-5H,1-2H3. The van der Waals surface area contributed by atoms with Crippen LogP contribution < -0.4 is 0 Å². The maximum Gasteiger partial charge on any atom is 0.222 e. The number of aromatic nitrogens is 2. The fourth-order valence-electron chi connectivity index (χ4n) is 1.34. The molecule has 2 heterocycles. The monoisotopic (exact) mass is 240 g/mol. The van der Waals surface area contributed by atoms with Gasteiger partial charge in [0.05, 0.1) is 16.1 Å². The smallest absolute Gasteiger partial charge is 0.222 e. The van der Waals surface area contributed by atoms with E-state index in [4.69, 9.17) is 11.6 Å². The number of carbonyl (C=O) groups is 1. The van der Waals surface area contributed by atoms with Gasteiger partial charge in [-0.3, -0.25) is 9.48 Å². The van der Waals surface area contributed by atoms with E-state index in [-0.39, 0.29) is 5.78 Å². The van der Waals surface area contributed by atoms with Crippen LogP contribution in [0.5, 0.6) is 0 Å². The van der Waals surface area contributed by atoms with Crippen LogP contribution in [0.15, 0.2) is 18.3 Å². The first kappa shape index (κ1) is 10.4. The second-order valence-electron chi connectivity index (χ2n) is 3.20. The number of rotatable bonds is 2. The molecular formula is C10H9ClN2OS. The van der Waals surface area contributed by atoms with E-state index < -0.39 is 0 Å². The summed E-state index contributed by atoms with van der Waals surface area (Å²) in [6.07, 6.45) is 1.48. The Bertz CT molecular complexity index is 496. The highest BCUT2D eigenvalue weighted by Gasteiger charge is 2.18. The maximum absolute atomic E-state index is 12.0. The first-order valence-corrected chi connectivity index (χ1v) is 5.57. The minimum atomic E-state index is -0.0712. The molecule has 78 valence electrons. The van der Waals surface area contributed by atoms with Crippen LogP contribution in [0.1, 0.15) is 20.2 Å². The molecule has 3 nitrogen and oxygen atoms in total. The van der Waals surface area contributed by atoms with Crippen molar-refractivity contribution >= 4 is 28.7 Å². The van der Waals surface area contributed by atoms with E-state index in [0.717, 1.165) is 4.88 Å². The molecule has 0 aromatic carbocycles. The van der Waals surface area contributed by atoms with Gasteiger partial charge in [-0.25, -0.2) is 0 Å². The predicted octanol–water partition coefficient (Wildman–Crippen LogP) is 2.67. The van der Waals surface area contributed by atoms with Gasteiger partial charge in [0, 0.05) is 11.9 Å². The summed E-state index contributed by atoms with van der Waals surface area (Å²) >= 11 is 7.36. The Morgan fingerprint density at radius 2 is 2.27 bits per heavy atom. The van der Waals surface area contributed by atoms with Crippen molar-refractivity contribution in [3.63, 3.8) is 0 Å². The number of aryl methyl sites for hydroxylation is 2. The second-order valence-corrected chi connectivity index (χ2v) is 4.90. The lowest BCUT2D eigenvalue weighted by Crippen LogP contribution is -2.07. The molecule has 0 aliphatic rings. The van der Waals surface area contributed by atoms with E-state index in [9.17, 15) is 4.79 Å². The van der Waals surface area contributed by atoms with Crippen molar-refractivity contribution in [3.05, 3.63) is 38.8 Å². The first-order valence-electron chi connectivity index (χ1n) is 4.38. The van der Waals surface area contributed by atoms with Crippen LogP contribution in [0.3, 0.4) is 0 Å². The van der Waals surface area contributed by atoms with Crippen LogP contribution in [-0.4, -0.2) is 15.6 Å². The molecule has 2 rings (SSSR count). The second kappa shape index (κ2) is 3.79. The molecule has 0 spiro atoms. The molecule has 15 heavy (non-hydrogen) atoms. The Labute approximate surface area is 96.3 Å². The normalized spacial score (nSPS) is 10.6. The van der Waals surface area contributed by atoms with Crippen molar-refractivity contribution in [1.82, 2.24) is 9.78 Å². The lowest BCUT2D eigenvalue weighted by atomic mass is 10.2. The molecular weight excluding hydrogens is 232 g/mol. The number of nitrogens with zero attached hydrogens (tertiary/aromatic N) is 2. The average molecular weight is 241 g/mol. The summed E-state index contributed by atoms with van der Waals surface area (Å²) in [4.78, 5) is 13.8. The Balaban J connectivity index is 2.45. The number of carbonyl (C=O) groups excluding carboxylic acids is 1. The van der Waals surface area contributed by atoms with Gasteiger partial charge in [-0.2, -0.15) is 5.10 Å². The summed E-state index contributed by atoms with van der Waals surface area (Å²) in [6.45, 7) is 1.96. The van der Waals surface area contributed by atoms with Crippen molar-refractivity contribution in [3.8, 4) is 0 Å². The molecule has 0 aliphatic heterocycles. The highest BCUT2D eigenvalue weighted by atomic mass is 35.5. The zero-order valence-electron chi connectivity index (χ0n) is 8.32. The summed E-state index contributed by atoms with van der Waals surface area (Å²) < 4.78 is 1.50. The fourth-order valence-corrected chi connectivity index (χ4v) is 2.40. The first-order chi connectivity index (χ1) is 7.09. The number of hydrogen-bond acceptors (Lipinski definition) is 3. The van der Waals surface area contributed by atoms with Crippen molar-refractivity contribution in [1.29, 1.82) is 0 Å². The van der Waals surface area contributed by atoms with Crippen LogP contribution in [0.2, 0.25) is 5.02 Å². The predicted molar refractivity (Wildman–Crippen MR) is 60.7 cm³/mol. The van der Waals surface area contributed by atoms with Crippen LogP contribution >= 0.6 is 22.9 Å². The number of hydrogen-bond donors (Lipinski definition) is 0. The molecule has 0 fully saturated rings. The summed E-state index contributed by atoms with van der Waals surface area (Å²) in [5, 5.41) is 4.33. The molecule has 0 aliphatic carbocycles. The highest BCUT2D eigenvalue weighted by molar-refractivity contribution is 7.14. The zero-order chi connectivity index (χ0) is 11.0. The SMILES string of the molecule is Cc1ccc(C(=O)c2c(Cl)cnn2C)s1. The zero-order valence-corrected chi connectivity index (χ0v) is 9.89. The maximum atomic E-state index is 12.0. The summed E-state index contributed by atoms with van der Waals surface area (Å²) in [6, 6.07) is 3.73. The minimum absolute atomic E-state index is 0.0712. The van der Waals surface area contributed by atoms with Gasteiger partial charge < -0.3 is 0 Å². The summed E-state index contributed by atoms with van der Waals surface area (Å²) in [5.74, 6) is -0.0712. The van der Waals surface area contributed by atoms with E-state index in [1.807, 2.05) is 19.1 Å². The molecule has 0 N–H and O–H groups in total. The molecule has 2 aromatic heterocycles. The number of ketones is 1. The van der Waals surface area contributed by atoms with E-state index in [1.165, 1.54) is 22.2 Å². The quantitative estimate of drug-likeness (QED) is 0.757. The molecule has 0 atom stereocenters. The molecule has 0 saturated heterocycles. The van der Waals surface area contributed by atoms with Gasteiger partial charge in [-0.15, -0.1) is 11.3 Å². The fraction of sp³-hybridized carbons (Fsp3) is 0.200. The van der Waals surface area contributed by atoms with Crippen molar-refractivity contribution in [2.75, 3.05) is 0 Å². The summed E-state index contributed by atoms with van der Waals surface area (Å²) in [7, 11) is 1.71. The van der Waals surface area contributed by atoms with Crippen LogP contribution in [0, 0.1) is 6.92 Å². The molecule has 0 bridgehead atoms. The van der Waals surface area contributed by atoms with E-state index in [1.54, 1.807) is 7.05 Å². The minimum Gasteiger partial charge on any atom is -0.286 e. The molecule has 5 heteroatoms. The van der Waals surface area contributed by atoms with Crippen molar-refractivity contribution in [2.45, 2.75) is 6.92 Å². The van der Waals surface area contributed by atoms with Crippen molar-refractivity contribution in [2.24, 2.45) is 7.05 Å². The average Bonchev–Trinajstić information content (AvgIpc) is 2.73. The Hall–Kier alpha value is -1.13. The molecule has 2 aromatic rings. The van der Waals surface area contributed by atoms with Gasteiger partial charge in [-0.05, 0) is 19.1 Å². The van der Waals surface area contributed by atoms with E-state index >= 15 is 0 Å². The lowest BCUT2D eigenvalue weighted by Gasteiger charge is -1.99. The van der Waals surface area contributed by atoms with Crippen LogP contribution in [0.25, 0.3) is 0 Å². The van der Waals surface area contributed by atoms with E-state index in [2.05, 4.69) is 5.10 Å². The Kier molecular flexibility index (Phi) is 2.63. The number of thiophene rings is 1. The molecule has 0 unspecified atom stereocenters. The number of halogens is 1. The van der Waals surface area contributed by atoms with Gasteiger partial charge in [0.15, 0.2) is 0 Å². The van der Waals surface area contributed by atoms with Crippen LogP contribution in [-0.2, 0) is 7.05 Å². The third kappa shape index (κ3) is 1.82. The molecule has 0 amide bonds.